The smallest absolute Gasteiger partial charge is 0.217 e. The molecule has 8 nitrogen and oxygen atoms in total. The number of carbonyl (C=O) groups is 1. The molecule has 1 aliphatic rings. The second-order valence-electron chi connectivity index (χ2n) is 6.10. The molecule has 1 heterocycles. The van der Waals surface area contributed by atoms with E-state index in [0.717, 1.165) is 6.42 Å². The summed E-state index contributed by atoms with van der Waals surface area (Å²) < 4.78 is 16.4. The van der Waals surface area contributed by atoms with E-state index in [-0.39, 0.29) is 12.5 Å². The molecule has 0 bridgehead atoms. The quantitative estimate of drug-likeness (QED) is 0.400. The van der Waals surface area contributed by atoms with Gasteiger partial charge in [-0.2, -0.15) is 0 Å². The predicted octanol–water partition coefficient (Wildman–Crippen LogP) is -0.991. The Bertz CT molecular complexity index is 353. The zero-order valence-corrected chi connectivity index (χ0v) is 14.0. The van der Waals surface area contributed by atoms with Crippen LogP contribution in [0.5, 0.6) is 0 Å². The molecule has 8 heteroatoms. The molecular weight excluding hydrogens is 306 g/mol. The Morgan fingerprint density at radius 2 is 1.91 bits per heavy atom. The van der Waals surface area contributed by atoms with Crippen LogP contribution in [0.15, 0.2) is 0 Å². The highest BCUT2D eigenvalue weighted by molar-refractivity contribution is 5.73. The monoisotopic (exact) mass is 335 g/mol. The molecule has 1 amide bonds. The molecule has 1 saturated heterocycles. The topological polar surface area (TPSA) is 117 Å². The second-order valence-corrected chi connectivity index (χ2v) is 6.10. The van der Waals surface area contributed by atoms with E-state index in [9.17, 15) is 20.1 Å². The predicted molar refractivity (Wildman–Crippen MR) is 81.6 cm³/mol. The van der Waals surface area contributed by atoms with E-state index < -0.39 is 37.3 Å². The first-order chi connectivity index (χ1) is 10.9. The fraction of sp³-hybridized carbons (Fsp3) is 0.933. The van der Waals surface area contributed by atoms with Crippen LogP contribution in [0.4, 0.5) is 0 Å². The van der Waals surface area contributed by atoms with Crippen molar-refractivity contribution in [2.75, 3.05) is 26.4 Å². The molecule has 0 aromatic heterocycles. The van der Waals surface area contributed by atoms with Crippen molar-refractivity contribution in [3.8, 4) is 0 Å². The Labute approximate surface area is 136 Å². The molecule has 0 aromatic carbocycles. The van der Waals surface area contributed by atoms with Gasteiger partial charge in [-0.25, -0.2) is 0 Å². The average Bonchev–Trinajstić information content (AvgIpc) is 2.48. The van der Waals surface area contributed by atoms with E-state index >= 15 is 0 Å². The third-order valence-electron chi connectivity index (χ3n) is 3.60. The maximum Gasteiger partial charge on any atom is 0.217 e. The maximum atomic E-state index is 11.3. The fourth-order valence-electron chi connectivity index (χ4n) is 2.26. The van der Waals surface area contributed by atoms with Crippen LogP contribution in [-0.2, 0) is 19.0 Å². The van der Waals surface area contributed by atoms with Crippen LogP contribution in [0.2, 0.25) is 0 Å². The maximum absolute atomic E-state index is 11.3. The lowest BCUT2D eigenvalue weighted by Gasteiger charge is -2.42. The molecule has 5 atom stereocenters. The van der Waals surface area contributed by atoms with E-state index in [2.05, 4.69) is 19.2 Å². The summed E-state index contributed by atoms with van der Waals surface area (Å²) in [6.45, 7) is 6.23. The van der Waals surface area contributed by atoms with Crippen LogP contribution in [0.1, 0.15) is 27.2 Å². The summed E-state index contributed by atoms with van der Waals surface area (Å²) in [5.41, 5.74) is 0. The fourth-order valence-corrected chi connectivity index (χ4v) is 2.26. The Balaban J connectivity index is 2.48. The number of carbonyl (C=O) groups excluding carboxylic acids is 1. The first kappa shape index (κ1) is 20.3. The molecule has 0 saturated carbocycles. The van der Waals surface area contributed by atoms with Crippen molar-refractivity contribution in [3.63, 3.8) is 0 Å². The summed E-state index contributed by atoms with van der Waals surface area (Å²) >= 11 is 0. The van der Waals surface area contributed by atoms with Crippen molar-refractivity contribution in [2.45, 2.75) is 57.8 Å². The van der Waals surface area contributed by atoms with Gasteiger partial charge in [-0.3, -0.25) is 4.79 Å². The van der Waals surface area contributed by atoms with Crippen molar-refractivity contribution >= 4 is 5.91 Å². The van der Waals surface area contributed by atoms with E-state index in [1.165, 1.54) is 6.92 Å². The summed E-state index contributed by atoms with van der Waals surface area (Å²) in [7, 11) is 0. The largest absolute Gasteiger partial charge is 0.394 e. The summed E-state index contributed by atoms with van der Waals surface area (Å²) in [5.74, 6) is 0.178. The van der Waals surface area contributed by atoms with E-state index in [0.29, 0.717) is 19.1 Å². The molecule has 0 spiro atoms. The minimum Gasteiger partial charge on any atom is -0.394 e. The standard InChI is InChI=1S/C15H29NO7/c1-9(2)4-5-21-6-7-22-15-12(16-10(3)18)14(20)13(19)11(8-17)23-15/h9,11-15,17,19-20H,4-8H2,1-3H3,(H,16,18)/t11-,12-,13+,14-,15?/m0/s1. The first-order valence-corrected chi connectivity index (χ1v) is 7.95. The number of aliphatic hydroxyl groups is 3. The molecule has 136 valence electrons. The highest BCUT2D eigenvalue weighted by atomic mass is 16.7. The highest BCUT2D eigenvalue weighted by Crippen LogP contribution is 2.22. The Morgan fingerprint density at radius 1 is 1.22 bits per heavy atom. The zero-order chi connectivity index (χ0) is 17.4. The Morgan fingerprint density at radius 3 is 2.48 bits per heavy atom. The van der Waals surface area contributed by atoms with Crippen molar-refractivity contribution in [3.05, 3.63) is 0 Å². The first-order valence-electron chi connectivity index (χ1n) is 7.95. The van der Waals surface area contributed by atoms with E-state index in [4.69, 9.17) is 14.2 Å². The van der Waals surface area contributed by atoms with Gasteiger partial charge in [0.1, 0.15) is 24.4 Å². The molecule has 23 heavy (non-hydrogen) atoms. The normalized spacial score (nSPS) is 31.3. The molecule has 1 rings (SSSR count). The van der Waals surface area contributed by atoms with E-state index in [1.54, 1.807) is 0 Å². The zero-order valence-electron chi connectivity index (χ0n) is 14.0. The van der Waals surface area contributed by atoms with Crippen molar-refractivity contribution in [2.24, 2.45) is 5.92 Å². The molecule has 0 aliphatic carbocycles. The molecule has 1 fully saturated rings. The number of hydrogen-bond acceptors (Lipinski definition) is 7. The number of nitrogens with one attached hydrogen (secondary N) is 1. The minimum atomic E-state index is -1.31. The van der Waals surface area contributed by atoms with Gasteiger partial charge in [0.15, 0.2) is 6.29 Å². The Hall–Kier alpha value is -0.770. The second kappa shape index (κ2) is 10.2. The van der Waals surface area contributed by atoms with Gasteiger partial charge in [-0.15, -0.1) is 0 Å². The van der Waals surface area contributed by atoms with Crippen molar-refractivity contribution in [1.82, 2.24) is 5.32 Å². The molecule has 0 radical (unpaired) electrons. The average molecular weight is 335 g/mol. The van der Waals surface area contributed by atoms with Gasteiger partial charge in [-0.1, -0.05) is 13.8 Å². The summed E-state index contributed by atoms with van der Waals surface area (Å²) in [6.07, 6.45) is -3.59. The van der Waals surface area contributed by atoms with Gasteiger partial charge in [0.05, 0.1) is 19.8 Å². The number of amides is 1. The molecular formula is C15H29NO7. The van der Waals surface area contributed by atoms with Crippen LogP contribution in [0.25, 0.3) is 0 Å². The van der Waals surface area contributed by atoms with Crippen molar-refractivity contribution in [1.29, 1.82) is 0 Å². The number of ether oxygens (including phenoxy) is 3. The lowest BCUT2D eigenvalue weighted by Crippen LogP contribution is -2.64. The number of hydrogen-bond donors (Lipinski definition) is 4. The van der Waals surface area contributed by atoms with Crippen LogP contribution in [-0.4, -0.2) is 78.3 Å². The number of aliphatic hydroxyl groups excluding tert-OH is 3. The summed E-state index contributed by atoms with van der Waals surface area (Å²) in [4.78, 5) is 11.3. The third-order valence-corrected chi connectivity index (χ3v) is 3.60. The molecule has 0 aromatic rings. The van der Waals surface area contributed by atoms with Gasteiger partial charge in [-0.05, 0) is 12.3 Å². The Kier molecular flexibility index (Phi) is 8.96. The van der Waals surface area contributed by atoms with Crippen molar-refractivity contribution < 1.29 is 34.3 Å². The lowest BCUT2D eigenvalue weighted by atomic mass is 9.97. The van der Waals surface area contributed by atoms with Crippen LogP contribution < -0.4 is 5.32 Å². The molecule has 4 N–H and O–H groups in total. The van der Waals surface area contributed by atoms with E-state index in [1.807, 2.05) is 0 Å². The lowest BCUT2D eigenvalue weighted by molar-refractivity contribution is -0.272. The minimum absolute atomic E-state index is 0.208. The highest BCUT2D eigenvalue weighted by Gasteiger charge is 2.45. The molecule has 1 unspecified atom stereocenters. The van der Waals surface area contributed by atoms with Gasteiger partial charge in [0.25, 0.3) is 0 Å². The van der Waals surface area contributed by atoms with Gasteiger partial charge >= 0.3 is 0 Å². The number of rotatable bonds is 9. The molecule has 1 aliphatic heterocycles. The van der Waals surface area contributed by atoms with Crippen LogP contribution >= 0.6 is 0 Å². The SMILES string of the molecule is CC(=O)N[C@@H]1C(OCCOCCC(C)C)O[C@@H](CO)[C@@H](O)[C@H]1O. The summed E-state index contributed by atoms with van der Waals surface area (Å²) in [6, 6.07) is -0.916. The van der Waals surface area contributed by atoms with Gasteiger partial charge in [0, 0.05) is 13.5 Å². The van der Waals surface area contributed by atoms with Gasteiger partial charge < -0.3 is 34.8 Å². The van der Waals surface area contributed by atoms with Crippen LogP contribution in [0, 0.1) is 5.92 Å². The summed E-state index contributed by atoms with van der Waals surface area (Å²) in [5, 5.41) is 31.7. The van der Waals surface area contributed by atoms with Crippen LogP contribution in [0.3, 0.4) is 0 Å². The van der Waals surface area contributed by atoms with Gasteiger partial charge in [0.2, 0.25) is 5.91 Å². The third kappa shape index (κ3) is 6.70.